The summed E-state index contributed by atoms with van der Waals surface area (Å²) in [6, 6.07) is 8.04. The molecule has 0 amide bonds. The van der Waals surface area contributed by atoms with Crippen LogP contribution in [0, 0.1) is 0 Å². The van der Waals surface area contributed by atoms with Crippen molar-refractivity contribution in [2.45, 2.75) is 0 Å². The smallest absolute Gasteiger partial charge is 0.244 e. The maximum absolute atomic E-state index is 5.96. The van der Waals surface area contributed by atoms with Gasteiger partial charge in [-0.1, -0.05) is 34.8 Å². The molecular formula is C11H7Cl3N2O. The Labute approximate surface area is 113 Å². The van der Waals surface area contributed by atoms with E-state index in [2.05, 4.69) is 4.98 Å². The predicted octanol–water partition coefficient (Wildman–Crippen LogP) is 4.42. The molecule has 2 N–H and O–H groups in total. The fraction of sp³-hybridized carbons (Fsp3) is 0. The molecule has 0 bridgehead atoms. The molecule has 0 saturated carbocycles. The quantitative estimate of drug-likeness (QED) is 0.833. The van der Waals surface area contributed by atoms with Gasteiger partial charge in [-0.25, -0.2) is 0 Å². The average molecular weight is 290 g/mol. The van der Waals surface area contributed by atoms with Gasteiger partial charge in [-0.3, -0.25) is 0 Å². The van der Waals surface area contributed by atoms with Gasteiger partial charge < -0.3 is 10.5 Å². The maximum Gasteiger partial charge on any atom is 0.244 e. The van der Waals surface area contributed by atoms with E-state index < -0.39 is 0 Å². The van der Waals surface area contributed by atoms with Crippen LogP contribution < -0.4 is 10.5 Å². The van der Waals surface area contributed by atoms with Crippen LogP contribution in [0.2, 0.25) is 15.2 Å². The first kappa shape index (κ1) is 12.3. The van der Waals surface area contributed by atoms with Gasteiger partial charge in [0, 0.05) is 5.02 Å². The highest BCUT2D eigenvalue weighted by molar-refractivity contribution is 6.35. The molecule has 88 valence electrons. The van der Waals surface area contributed by atoms with E-state index in [1.165, 1.54) is 0 Å². The second kappa shape index (κ2) is 5.00. The van der Waals surface area contributed by atoms with Gasteiger partial charge in [0.05, 0.1) is 10.7 Å². The number of benzene rings is 1. The zero-order chi connectivity index (χ0) is 12.4. The second-order valence-corrected chi connectivity index (χ2v) is 4.44. The van der Waals surface area contributed by atoms with Gasteiger partial charge >= 0.3 is 0 Å². The van der Waals surface area contributed by atoms with Crippen molar-refractivity contribution >= 4 is 40.5 Å². The van der Waals surface area contributed by atoms with E-state index in [9.17, 15) is 0 Å². The largest absolute Gasteiger partial charge is 0.435 e. The van der Waals surface area contributed by atoms with Crippen LogP contribution >= 0.6 is 34.8 Å². The molecule has 1 aromatic heterocycles. The second-order valence-electron chi connectivity index (χ2n) is 3.21. The molecule has 0 aliphatic heterocycles. The molecule has 0 saturated heterocycles. The van der Waals surface area contributed by atoms with Gasteiger partial charge in [-0.15, -0.1) is 0 Å². The van der Waals surface area contributed by atoms with Gasteiger partial charge in [0.2, 0.25) is 5.88 Å². The van der Waals surface area contributed by atoms with E-state index in [0.29, 0.717) is 26.6 Å². The van der Waals surface area contributed by atoms with E-state index >= 15 is 0 Å². The van der Waals surface area contributed by atoms with Gasteiger partial charge in [-0.05, 0) is 30.3 Å². The first-order chi connectivity index (χ1) is 8.06. The van der Waals surface area contributed by atoms with Crippen molar-refractivity contribution in [1.82, 2.24) is 4.98 Å². The first-order valence-corrected chi connectivity index (χ1v) is 5.74. The SMILES string of the molecule is Nc1ccc(Cl)nc1Oc1ccc(Cl)cc1Cl. The number of nitrogen functional groups attached to an aromatic ring is 1. The number of halogens is 3. The Morgan fingerprint density at radius 2 is 1.82 bits per heavy atom. The number of pyridine rings is 1. The molecule has 6 heteroatoms. The summed E-state index contributed by atoms with van der Waals surface area (Å²) >= 11 is 17.5. The monoisotopic (exact) mass is 288 g/mol. The van der Waals surface area contributed by atoms with Gasteiger partial charge in [0.1, 0.15) is 10.9 Å². The molecule has 1 aromatic carbocycles. The Balaban J connectivity index is 2.34. The van der Waals surface area contributed by atoms with Crippen LogP contribution in [0.3, 0.4) is 0 Å². The third kappa shape index (κ3) is 2.94. The standard InChI is InChI=1S/C11H7Cl3N2O/c12-6-1-3-9(7(13)5-6)17-11-8(15)2-4-10(14)16-11/h1-5H,15H2. The van der Waals surface area contributed by atoms with Gasteiger partial charge in [0.15, 0.2) is 0 Å². The van der Waals surface area contributed by atoms with Gasteiger partial charge in [0.25, 0.3) is 0 Å². The summed E-state index contributed by atoms with van der Waals surface area (Å²) in [6.45, 7) is 0. The molecule has 2 rings (SSSR count). The molecule has 0 aliphatic rings. The minimum atomic E-state index is 0.210. The highest BCUT2D eigenvalue weighted by Gasteiger charge is 2.08. The van der Waals surface area contributed by atoms with E-state index in [1.807, 2.05) is 0 Å². The molecule has 0 atom stereocenters. The van der Waals surface area contributed by atoms with E-state index in [-0.39, 0.29) is 5.88 Å². The number of hydrogen-bond acceptors (Lipinski definition) is 3. The highest BCUT2D eigenvalue weighted by atomic mass is 35.5. The summed E-state index contributed by atoms with van der Waals surface area (Å²) in [5.74, 6) is 0.624. The van der Waals surface area contributed by atoms with Crippen molar-refractivity contribution in [2.24, 2.45) is 0 Å². The van der Waals surface area contributed by atoms with Crippen molar-refractivity contribution in [3.8, 4) is 11.6 Å². The average Bonchev–Trinajstić information content (AvgIpc) is 2.27. The third-order valence-corrected chi connectivity index (χ3v) is 2.70. The molecule has 0 fully saturated rings. The Hall–Kier alpha value is -1.16. The Morgan fingerprint density at radius 3 is 2.53 bits per heavy atom. The number of rotatable bonds is 2. The summed E-state index contributed by atoms with van der Waals surface area (Å²) < 4.78 is 5.46. The van der Waals surface area contributed by atoms with Crippen molar-refractivity contribution in [3.63, 3.8) is 0 Å². The maximum atomic E-state index is 5.96. The minimum Gasteiger partial charge on any atom is -0.435 e. The van der Waals surface area contributed by atoms with Crippen LogP contribution in [0.1, 0.15) is 0 Å². The summed E-state index contributed by atoms with van der Waals surface area (Å²) in [7, 11) is 0. The Kier molecular flexibility index (Phi) is 3.62. The number of aromatic nitrogens is 1. The number of anilines is 1. The molecule has 2 aromatic rings. The lowest BCUT2D eigenvalue weighted by molar-refractivity contribution is 0.466. The van der Waals surface area contributed by atoms with Crippen LogP contribution in [0.4, 0.5) is 5.69 Å². The lowest BCUT2D eigenvalue weighted by atomic mass is 10.3. The summed E-state index contributed by atoms with van der Waals surface area (Å²) in [5, 5.41) is 1.19. The van der Waals surface area contributed by atoms with Crippen LogP contribution in [0.25, 0.3) is 0 Å². The molecule has 1 heterocycles. The zero-order valence-electron chi connectivity index (χ0n) is 8.45. The molecule has 0 aliphatic carbocycles. The van der Waals surface area contributed by atoms with E-state index in [4.69, 9.17) is 45.3 Å². The van der Waals surface area contributed by atoms with Gasteiger partial charge in [-0.2, -0.15) is 4.98 Å². The first-order valence-electron chi connectivity index (χ1n) is 4.61. The molecule has 17 heavy (non-hydrogen) atoms. The fourth-order valence-corrected chi connectivity index (χ4v) is 1.76. The zero-order valence-corrected chi connectivity index (χ0v) is 10.7. The van der Waals surface area contributed by atoms with Crippen molar-refractivity contribution in [3.05, 3.63) is 45.5 Å². The lowest BCUT2D eigenvalue weighted by Crippen LogP contribution is -1.95. The van der Waals surface area contributed by atoms with Crippen LogP contribution in [0.15, 0.2) is 30.3 Å². The van der Waals surface area contributed by atoms with E-state index in [1.54, 1.807) is 30.3 Å². The summed E-state index contributed by atoms with van der Waals surface area (Å²) in [4.78, 5) is 3.96. The Bertz CT molecular complexity index is 560. The predicted molar refractivity (Wildman–Crippen MR) is 70.2 cm³/mol. The number of hydrogen-bond donors (Lipinski definition) is 1. The number of nitrogens with zero attached hydrogens (tertiary/aromatic N) is 1. The number of ether oxygens (including phenoxy) is 1. The van der Waals surface area contributed by atoms with E-state index in [0.717, 1.165) is 0 Å². The minimum absolute atomic E-state index is 0.210. The topological polar surface area (TPSA) is 48.1 Å². The molecular weight excluding hydrogens is 282 g/mol. The molecule has 0 spiro atoms. The van der Waals surface area contributed by atoms with Crippen LogP contribution in [-0.2, 0) is 0 Å². The molecule has 0 unspecified atom stereocenters. The van der Waals surface area contributed by atoms with Crippen LogP contribution in [0.5, 0.6) is 11.6 Å². The number of nitrogens with two attached hydrogens (primary N) is 1. The van der Waals surface area contributed by atoms with Crippen molar-refractivity contribution < 1.29 is 4.74 Å². The summed E-state index contributed by atoms with van der Waals surface area (Å²) in [6.07, 6.45) is 0. The third-order valence-electron chi connectivity index (χ3n) is 1.96. The summed E-state index contributed by atoms with van der Waals surface area (Å²) in [5.41, 5.74) is 6.08. The highest BCUT2D eigenvalue weighted by Crippen LogP contribution is 2.33. The van der Waals surface area contributed by atoms with Crippen LogP contribution in [-0.4, -0.2) is 4.98 Å². The lowest BCUT2D eigenvalue weighted by Gasteiger charge is -2.08. The Morgan fingerprint density at radius 1 is 1.06 bits per heavy atom. The normalized spacial score (nSPS) is 10.3. The molecule has 3 nitrogen and oxygen atoms in total. The molecule has 0 radical (unpaired) electrons. The van der Waals surface area contributed by atoms with Crippen molar-refractivity contribution in [2.75, 3.05) is 5.73 Å². The van der Waals surface area contributed by atoms with Crippen molar-refractivity contribution in [1.29, 1.82) is 0 Å². The fourth-order valence-electron chi connectivity index (χ4n) is 1.17.